The number of ether oxygens (including phenoxy) is 3. The second-order valence-corrected chi connectivity index (χ2v) is 7.40. The summed E-state index contributed by atoms with van der Waals surface area (Å²) in [5.74, 6) is 0.548. The van der Waals surface area contributed by atoms with E-state index in [-0.39, 0.29) is 11.9 Å². The highest BCUT2D eigenvalue weighted by Gasteiger charge is 2.25. The molecule has 0 radical (unpaired) electrons. The van der Waals surface area contributed by atoms with E-state index in [9.17, 15) is 4.79 Å². The van der Waals surface area contributed by atoms with Gasteiger partial charge in [-0.2, -0.15) is 0 Å². The van der Waals surface area contributed by atoms with Gasteiger partial charge in [0, 0.05) is 30.2 Å². The quantitative estimate of drug-likeness (QED) is 0.711. The molecule has 1 saturated heterocycles. The van der Waals surface area contributed by atoms with E-state index in [0.717, 1.165) is 18.7 Å². The SMILES string of the molecule is COc1cc(C(=O)NCC(c2ccccc2Cl)N2CCOCC2)cc(Cl)c1OC. The fraction of sp³-hybridized carbons (Fsp3) is 0.381. The standard InChI is InChI=1S/C21H24Cl2N2O4/c1-27-19-12-14(11-17(23)20(19)28-2)21(26)24-13-18(25-7-9-29-10-8-25)15-5-3-4-6-16(15)22/h3-6,11-12,18H,7-10,13H2,1-2H3,(H,24,26). The number of methoxy groups -OCH3 is 2. The second-order valence-electron chi connectivity index (χ2n) is 6.59. The van der Waals surface area contributed by atoms with Crippen molar-refractivity contribution in [3.05, 3.63) is 57.6 Å². The number of hydrogen-bond donors (Lipinski definition) is 1. The van der Waals surface area contributed by atoms with E-state index in [2.05, 4.69) is 10.2 Å². The van der Waals surface area contributed by atoms with Crippen molar-refractivity contribution < 1.29 is 19.0 Å². The number of morpholine rings is 1. The number of halogens is 2. The Morgan fingerprint density at radius 1 is 1.14 bits per heavy atom. The number of carbonyl (C=O) groups excluding carboxylic acids is 1. The maximum Gasteiger partial charge on any atom is 0.251 e. The molecule has 1 fully saturated rings. The van der Waals surface area contributed by atoms with Crippen molar-refractivity contribution >= 4 is 29.1 Å². The highest BCUT2D eigenvalue weighted by Crippen LogP contribution is 2.36. The van der Waals surface area contributed by atoms with Crippen LogP contribution in [-0.4, -0.2) is 57.9 Å². The van der Waals surface area contributed by atoms with Crippen LogP contribution in [0.5, 0.6) is 11.5 Å². The zero-order valence-electron chi connectivity index (χ0n) is 16.4. The number of carbonyl (C=O) groups is 1. The Morgan fingerprint density at radius 2 is 1.86 bits per heavy atom. The third-order valence-corrected chi connectivity index (χ3v) is 5.53. The van der Waals surface area contributed by atoms with Crippen molar-refractivity contribution in [1.82, 2.24) is 10.2 Å². The Labute approximate surface area is 180 Å². The number of benzene rings is 2. The van der Waals surface area contributed by atoms with Crippen LogP contribution in [0.3, 0.4) is 0 Å². The Bertz CT molecular complexity index is 857. The lowest BCUT2D eigenvalue weighted by atomic mass is 10.0. The molecule has 1 amide bonds. The van der Waals surface area contributed by atoms with Crippen LogP contribution in [0.25, 0.3) is 0 Å². The number of rotatable bonds is 7. The van der Waals surface area contributed by atoms with E-state index in [4.69, 9.17) is 37.4 Å². The molecule has 1 unspecified atom stereocenters. The molecule has 8 heteroatoms. The van der Waals surface area contributed by atoms with E-state index < -0.39 is 0 Å². The van der Waals surface area contributed by atoms with Gasteiger partial charge in [-0.05, 0) is 23.8 Å². The number of nitrogens with one attached hydrogen (secondary N) is 1. The van der Waals surface area contributed by atoms with Gasteiger partial charge in [-0.25, -0.2) is 0 Å². The third kappa shape index (κ3) is 5.14. The molecule has 1 aliphatic heterocycles. The zero-order chi connectivity index (χ0) is 20.8. The molecule has 0 saturated carbocycles. The van der Waals surface area contributed by atoms with Crippen molar-refractivity contribution in [2.75, 3.05) is 47.1 Å². The minimum Gasteiger partial charge on any atom is -0.493 e. The van der Waals surface area contributed by atoms with Crippen LogP contribution in [0.1, 0.15) is 22.0 Å². The maximum absolute atomic E-state index is 12.8. The summed E-state index contributed by atoms with van der Waals surface area (Å²) in [6.07, 6.45) is 0. The van der Waals surface area contributed by atoms with Gasteiger partial charge in [0.05, 0.1) is 38.5 Å². The highest BCUT2D eigenvalue weighted by atomic mass is 35.5. The topological polar surface area (TPSA) is 60.0 Å². The van der Waals surface area contributed by atoms with Crippen LogP contribution in [0.4, 0.5) is 0 Å². The molecule has 1 atom stereocenters. The van der Waals surface area contributed by atoms with Crippen LogP contribution in [-0.2, 0) is 4.74 Å². The van der Waals surface area contributed by atoms with Gasteiger partial charge in [0.2, 0.25) is 0 Å². The molecular weight excluding hydrogens is 415 g/mol. The fourth-order valence-corrected chi connectivity index (χ4v) is 3.96. The predicted molar refractivity (Wildman–Crippen MR) is 113 cm³/mol. The highest BCUT2D eigenvalue weighted by molar-refractivity contribution is 6.32. The first-order valence-electron chi connectivity index (χ1n) is 9.31. The zero-order valence-corrected chi connectivity index (χ0v) is 17.9. The van der Waals surface area contributed by atoms with Gasteiger partial charge in [0.25, 0.3) is 5.91 Å². The fourth-order valence-electron chi connectivity index (χ4n) is 3.41. The molecule has 0 spiro atoms. The smallest absolute Gasteiger partial charge is 0.251 e. The molecule has 156 valence electrons. The van der Waals surface area contributed by atoms with Crippen molar-refractivity contribution in [3.63, 3.8) is 0 Å². The Morgan fingerprint density at radius 3 is 2.52 bits per heavy atom. The first kappa shape index (κ1) is 21.7. The predicted octanol–water partition coefficient (Wildman–Crippen LogP) is 3.81. The lowest BCUT2D eigenvalue weighted by molar-refractivity contribution is 0.0162. The molecule has 1 aliphatic rings. The molecule has 0 aromatic heterocycles. The third-order valence-electron chi connectivity index (χ3n) is 4.90. The molecule has 2 aromatic carbocycles. The first-order chi connectivity index (χ1) is 14.0. The summed E-state index contributed by atoms with van der Waals surface area (Å²) in [4.78, 5) is 15.1. The lowest BCUT2D eigenvalue weighted by Gasteiger charge is -2.35. The van der Waals surface area contributed by atoms with Crippen molar-refractivity contribution in [2.45, 2.75) is 6.04 Å². The number of hydrogen-bond acceptors (Lipinski definition) is 5. The number of nitrogens with zero attached hydrogens (tertiary/aromatic N) is 1. The van der Waals surface area contributed by atoms with Crippen LogP contribution < -0.4 is 14.8 Å². The van der Waals surface area contributed by atoms with Crippen LogP contribution in [0, 0.1) is 0 Å². The van der Waals surface area contributed by atoms with Gasteiger partial charge in [0.15, 0.2) is 11.5 Å². The Balaban J connectivity index is 1.79. The molecule has 6 nitrogen and oxygen atoms in total. The Kier molecular flexibility index (Phi) is 7.61. The van der Waals surface area contributed by atoms with Crippen LogP contribution in [0.2, 0.25) is 10.0 Å². The van der Waals surface area contributed by atoms with Gasteiger partial charge >= 0.3 is 0 Å². The summed E-state index contributed by atoms with van der Waals surface area (Å²) < 4.78 is 16.0. The average Bonchev–Trinajstić information content (AvgIpc) is 2.75. The summed E-state index contributed by atoms with van der Waals surface area (Å²) in [6.45, 7) is 3.25. The van der Waals surface area contributed by atoms with Crippen LogP contribution in [0.15, 0.2) is 36.4 Å². The van der Waals surface area contributed by atoms with Crippen molar-refractivity contribution in [2.24, 2.45) is 0 Å². The van der Waals surface area contributed by atoms with E-state index in [1.807, 2.05) is 24.3 Å². The monoisotopic (exact) mass is 438 g/mol. The minimum atomic E-state index is -0.252. The van der Waals surface area contributed by atoms with Gasteiger partial charge in [-0.3, -0.25) is 9.69 Å². The molecule has 3 rings (SSSR count). The van der Waals surface area contributed by atoms with Gasteiger partial charge < -0.3 is 19.5 Å². The van der Waals surface area contributed by atoms with E-state index in [0.29, 0.717) is 46.9 Å². The lowest BCUT2D eigenvalue weighted by Crippen LogP contribution is -2.44. The molecular formula is C21H24Cl2N2O4. The largest absolute Gasteiger partial charge is 0.493 e. The van der Waals surface area contributed by atoms with E-state index >= 15 is 0 Å². The summed E-state index contributed by atoms with van der Waals surface area (Å²) in [7, 11) is 3.00. The van der Waals surface area contributed by atoms with E-state index in [1.165, 1.54) is 14.2 Å². The summed E-state index contributed by atoms with van der Waals surface area (Å²) in [6, 6.07) is 10.8. The molecule has 1 heterocycles. The summed E-state index contributed by atoms with van der Waals surface area (Å²) >= 11 is 12.7. The molecule has 2 aromatic rings. The molecule has 1 N–H and O–H groups in total. The van der Waals surface area contributed by atoms with Crippen LogP contribution >= 0.6 is 23.2 Å². The maximum atomic E-state index is 12.8. The average molecular weight is 439 g/mol. The summed E-state index contributed by atoms with van der Waals surface area (Å²) in [5, 5.41) is 3.99. The van der Waals surface area contributed by atoms with Gasteiger partial charge in [0.1, 0.15) is 0 Å². The molecule has 29 heavy (non-hydrogen) atoms. The van der Waals surface area contributed by atoms with Gasteiger partial charge in [-0.15, -0.1) is 0 Å². The molecule has 0 bridgehead atoms. The molecule has 0 aliphatic carbocycles. The first-order valence-corrected chi connectivity index (χ1v) is 10.1. The van der Waals surface area contributed by atoms with Crippen molar-refractivity contribution in [1.29, 1.82) is 0 Å². The second kappa shape index (κ2) is 10.2. The minimum absolute atomic E-state index is 0.0628. The normalized spacial score (nSPS) is 15.6. The Hall–Kier alpha value is -1.99. The van der Waals surface area contributed by atoms with Crippen molar-refractivity contribution in [3.8, 4) is 11.5 Å². The number of amides is 1. The van der Waals surface area contributed by atoms with Gasteiger partial charge in [-0.1, -0.05) is 41.4 Å². The summed E-state index contributed by atoms with van der Waals surface area (Å²) in [5.41, 5.74) is 1.37. The van der Waals surface area contributed by atoms with E-state index in [1.54, 1.807) is 12.1 Å².